The van der Waals surface area contributed by atoms with Gasteiger partial charge in [-0.05, 0) is 49.8 Å². The maximum absolute atomic E-state index is 13.0. The largest absolute Gasteiger partial charge is 0.454 e. The molecule has 1 aliphatic carbocycles. The maximum Gasteiger partial charge on any atom is 0.330 e. The molecular formula is C27H28N2O5. The Balaban J connectivity index is 1.40. The molecule has 1 N–H and O–H groups in total. The second kappa shape index (κ2) is 10.9. The number of imide groups is 1. The van der Waals surface area contributed by atoms with Crippen LogP contribution in [-0.2, 0) is 20.7 Å². The smallest absolute Gasteiger partial charge is 0.330 e. The van der Waals surface area contributed by atoms with Crippen LogP contribution in [0.15, 0.2) is 66.2 Å². The molecule has 0 radical (unpaired) electrons. The molecule has 0 saturated heterocycles. The number of amides is 3. The number of ether oxygens (including phenoxy) is 1. The Kier molecular flexibility index (Phi) is 7.52. The van der Waals surface area contributed by atoms with E-state index in [1.807, 2.05) is 30.3 Å². The Hall–Kier alpha value is -3.74. The molecule has 3 amide bonds. The number of allylic oxidation sites excluding steroid dienone is 1. The van der Waals surface area contributed by atoms with Gasteiger partial charge >= 0.3 is 5.97 Å². The summed E-state index contributed by atoms with van der Waals surface area (Å²) in [6.07, 6.45) is 7.65. The molecule has 1 heterocycles. The minimum absolute atomic E-state index is 0.0981. The monoisotopic (exact) mass is 460 g/mol. The number of fused-ring (bicyclic) bond motifs is 1. The lowest BCUT2D eigenvalue weighted by Gasteiger charge is -2.24. The number of esters is 1. The first-order valence-corrected chi connectivity index (χ1v) is 11.7. The normalized spacial score (nSPS) is 16.0. The average Bonchev–Trinajstić information content (AvgIpc) is 3.12. The number of rotatable bonds is 9. The molecule has 176 valence electrons. The van der Waals surface area contributed by atoms with Crippen LogP contribution in [-0.4, -0.2) is 47.8 Å². The molecule has 7 heteroatoms. The van der Waals surface area contributed by atoms with E-state index in [-0.39, 0.29) is 17.5 Å². The van der Waals surface area contributed by atoms with Crippen LogP contribution in [0, 0.1) is 0 Å². The average molecular weight is 461 g/mol. The van der Waals surface area contributed by atoms with Gasteiger partial charge in [-0.1, -0.05) is 54.1 Å². The van der Waals surface area contributed by atoms with Crippen LogP contribution in [0.3, 0.4) is 0 Å². The van der Waals surface area contributed by atoms with Crippen molar-refractivity contribution in [3.05, 3.63) is 82.9 Å². The molecule has 0 fully saturated rings. The summed E-state index contributed by atoms with van der Waals surface area (Å²) in [5.74, 6) is -2.28. The lowest BCUT2D eigenvalue weighted by molar-refractivity contribution is -0.152. The van der Waals surface area contributed by atoms with Gasteiger partial charge in [0, 0.05) is 13.0 Å². The third-order valence-electron chi connectivity index (χ3n) is 6.18. The molecule has 2 aromatic rings. The zero-order chi connectivity index (χ0) is 23.9. The van der Waals surface area contributed by atoms with Crippen molar-refractivity contribution in [1.82, 2.24) is 10.2 Å². The van der Waals surface area contributed by atoms with E-state index in [2.05, 4.69) is 11.4 Å². The highest BCUT2D eigenvalue weighted by molar-refractivity contribution is 6.22. The molecule has 0 unspecified atom stereocenters. The van der Waals surface area contributed by atoms with Gasteiger partial charge in [-0.3, -0.25) is 19.3 Å². The SMILES string of the molecule is O=C(COC(=O)[C@H](Cc1ccccc1)N1C(=O)c2ccccc2C1=O)NCCC1=CCCCC1. The van der Waals surface area contributed by atoms with Gasteiger partial charge in [-0.15, -0.1) is 0 Å². The first kappa shape index (κ1) is 23.4. The summed E-state index contributed by atoms with van der Waals surface area (Å²) in [6, 6.07) is 14.4. The Morgan fingerprint density at radius 1 is 0.941 bits per heavy atom. The Morgan fingerprint density at radius 2 is 1.62 bits per heavy atom. The van der Waals surface area contributed by atoms with E-state index in [4.69, 9.17) is 4.74 Å². The molecule has 2 aliphatic rings. The van der Waals surface area contributed by atoms with E-state index in [9.17, 15) is 19.2 Å². The van der Waals surface area contributed by atoms with Gasteiger partial charge in [0.15, 0.2) is 6.61 Å². The molecule has 4 rings (SSSR count). The number of nitrogens with zero attached hydrogens (tertiary/aromatic N) is 1. The molecule has 0 bridgehead atoms. The van der Waals surface area contributed by atoms with E-state index in [0.717, 1.165) is 29.7 Å². The summed E-state index contributed by atoms with van der Waals surface area (Å²) in [4.78, 5) is 52.2. The number of benzene rings is 2. The Bertz CT molecular complexity index is 1070. The van der Waals surface area contributed by atoms with Crippen molar-refractivity contribution < 1.29 is 23.9 Å². The van der Waals surface area contributed by atoms with Crippen molar-refractivity contribution in [2.75, 3.05) is 13.2 Å². The lowest BCUT2D eigenvalue weighted by atomic mass is 9.97. The zero-order valence-corrected chi connectivity index (χ0v) is 19.0. The highest BCUT2D eigenvalue weighted by atomic mass is 16.5. The predicted molar refractivity (Wildman–Crippen MR) is 126 cm³/mol. The fraction of sp³-hybridized carbons (Fsp3) is 0.333. The van der Waals surface area contributed by atoms with Crippen molar-refractivity contribution >= 4 is 23.7 Å². The summed E-state index contributed by atoms with van der Waals surface area (Å²) < 4.78 is 5.28. The minimum Gasteiger partial charge on any atom is -0.454 e. The van der Waals surface area contributed by atoms with Crippen LogP contribution < -0.4 is 5.32 Å². The number of nitrogens with one attached hydrogen (secondary N) is 1. The first-order chi connectivity index (χ1) is 16.5. The van der Waals surface area contributed by atoms with Crippen LogP contribution in [0.25, 0.3) is 0 Å². The van der Waals surface area contributed by atoms with Crippen LogP contribution >= 0.6 is 0 Å². The highest BCUT2D eigenvalue weighted by Gasteiger charge is 2.43. The zero-order valence-electron chi connectivity index (χ0n) is 19.0. The molecule has 0 saturated carbocycles. The predicted octanol–water partition coefficient (Wildman–Crippen LogP) is 3.44. The second-order valence-electron chi connectivity index (χ2n) is 8.55. The molecule has 0 spiro atoms. The molecule has 1 atom stereocenters. The van der Waals surface area contributed by atoms with E-state index in [1.165, 1.54) is 18.4 Å². The van der Waals surface area contributed by atoms with Gasteiger partial charge in [0.2, 0.25) is 0 Å². The minimum atomic E-state index is -1.17. The lowest BCUT2D eigenvalue weighted by Crippen LogP contribution is -2.47. The van der Waals surface area contributed by atoms with Crippen molar-refractivity contribution in [1.29, 1.82) is 0 Å². The quantitative estimate of drug-likeness (QED) is 0.352. The van der Waals surface area contributed by atoms with E-state index >= 15 is 0 Å². The Labute approximate surface area is 198 Å². The van der Waals surface area contributed by atoms with Gasteiger partial charge in [0.05, 0.1) is 11.1 Å². The van der Waals surface area contributed by atoms with Gasteiger partial charge in [0.25, 0.3) is 17.7 Å². The third kappa shape index (κ3) is 5.42. The molecular weight excluding hydrogens is 432 g/mol. The number of carbonyl (C=O) groups is 4. The van der Waals surface area contributed by atoms with E-state index in [0.29, 0.717) is 6.54 Å². The van der Waals surface area contributed by atoms with Crippen LogP contribution in [0.1, 0.15) is 58.4 Å². The number of hydrogen-bond donors (Lipinski definition) is 1. The summed E-state index contributed by atoms with van der Waals surface area (Å²) in [7, 11) is 0. The van der Waals surface area contributed by atoms with Crippen molar-refractivity contribution in [3.63, 3.8) is 0 Å². The summed E-state index contributed by atoms with van der Waals surface area (Å²) >= 11 is 0. The molecule has 1 aliphatic heterocycles. The summed E-state index contributed by atoms with van der Waals surface area (Å²) in [5.41, 5.74) is 2.63. The van der Waals surface area contributed by atoms with E-state index in [1.54, 1.807) is 24.3 Å². The maximum atomic E-state index is 13.0. The van der Waals surface area contributed by atoms with Gasteiger partial charge in [-0.25, -0.2) is 4.79 Å². The first-order valence-electron chi connectivity index (χ1n) is 11.7. The van der Waals surface area contributed by atoms with Crippen LogP contribution in [0.5, 0.6) is 0 Å². The Morgan fingerprint density at radius 3 is 2.26 bits per heavy atom. The summed E-state index contributed by atoms with van der Waals surface area (Å²) in [5, 5.41) is 2.77. The van der Waals surface area contributed by atoms with Gasteiger partial charge < -0.3 is 10.1 Å². The van der Waals surface area contributed by atoms with Crippen LogP contribution in [0.2, 0.25) is 0 Å². The third-order valence-corrected chi connectivity index (χ3v) is 6.18. The topological polar surface area (TPSA) is 92.8 Å². The van der Waals surface area contributed by atoms with Gasteiger partial charge in [0.1, 0.15) is 6.04 Å². The van der Waals surface area contributed by atoms with Gasteiger partial charge in [-0.2, -0.15) is 0 Å². The number of hydrogen-bond acceptors (Lipinski definition) is 5. The van der Waals surface area contributed by atoms with Crippen molar-refractivity contribution in [2.24, 2.45) is 0 Å². The standard InChI is InChI=1S/C27H28N2O5/c30-24(28-16-15-19-9-3-1-4-10-19)18-34-27(33)23(17-20-11-5-2-6-12-20)29-25(31)21-13-7-8-14-22(21)26(29)32/h2,5-9,11-14,23H,1,3-4,10,15-18H2,(H,28,30)/t23-/m0/s1. The highest BCUT2D eigenvalue weighted by Crippen LogP contribution is 2.26. The fourth-order valence-corrected chi connectivity index (χ4v) is 4.39. The summed E-state index contributed by atoms with van der Waals surface area (Å²) in [6.45, 7) is 0.0143. The second-order valence-corrected chi connectivity index (χ2v) is 8.55. The molecule has 7 nitrogen and oxygen atoms in total. The van der Waals surface area contributed by atoms with Crippen LogP contribution in [0.4, 0.5) is 0 Å². The van der Waals surface area contributed by atoms with Crippen molar-refractivity contribution in [3.8, 4) is 0 Å². The molecule has 0 aromatic heterocycles. The molecule has 2 aromatic carbocycles. The fourth-order valence-electron chi connectivity index (χ4n) is 4.39. The molecule has 34 heavy (non-hydrogen) atoms. The van der Waals surface area contributed by atoms with Crippen molar-refractivity contribution in [2.45, 2.75) is 44.6 Å². The number of carbonyl (C=O) groups excluding carboxylic acids is 4. The van der Waals surface area contributed by atoms with E-state index < -0.39 is 36.3 Å².